The van der Waals surface area contributed by atoms with Crippen LogP contribution in [-0.4, -0.2) is 32.0 Å². The van der Waals surface area contributed by atoms with E-state index < -0.39 is 18.2 Å². The van der Waals surface area contributed by atoms with Crippen LogP contribution in [0, 0.1) is 0 Å². The molecule has 0 radical (unpaired) electrons. The number of esters is 1. The first-order valence-electron chi connectivity index (χ1n) is 3.59. The van der Waals surface area contributed by atoms with E-state index in [1.165, 1.54) is 7.11 Å². The molecule has 0 saturated carbocycles. The third kappa shape index (κ3) is 1.89. The van der Waals surface area contributed by atoms with Gasteiger partial charge in [-0.05, 0) is 12.8 Å². The van der Waals surface area contributed by atoms with Crippen molar-refractivity contribution in [2.75, 3.05) is 13.7 Å². The van der Waals surface area contributed by atoms with Crippen molar-refractivity contribution in [2.24, 2.45) is 0 Å². The largest absolute Gasteiger partial charge is 0.467 e. The summed E-state index contributed by atoms with van der Waals surface area (Å²) in [4.78, 5) is 10.6. The molecule has 64 valence electrons. The molecule has 2 atom stereocenters. The van der Waals surface area contributed by atoms with Crippen molar-refractivity contribution < 1.29 is 18.7 Å². The molecule has 1 rings (SSSR count). The van der Waals surface area contributed by atoms with Gasteiger partial charge in [0.05, 0.1) is 13.2 Å². The number of carbonyl (C=O) groups excluding carboxylic acids is 1. The molecule has 11 heavy (non-hydrogen) atoms. The number of ether oxygens (including phenoxy) is 2. The Balaban J connectivity index is 2.39. The molecule has 0 aromatic heterocycles. The Morgan fingerprint density at radius 3 is 3.00 bits per heavy atom. The molecule has 0 N–H and O–H groups in total. The van der Waals surface area contributed by atoms with E-state index in [9.17, 15) is 9.18 Å². The minimum absolute atomic E-state index is 0.544. The fourth-order valence-corrected chi connectivity index (χ4v) is 1.10. The van der Waals surface area contributed by atoms with Gasteiger partial charge in [-0.2, -0.15) is 0 Å². The average molecular weight is 162 g/mol. The molecule has 3 nitrogen and oxygen atoms in total. The summed E-state index contributed by atoms with van der Waals surface area (Å²) in [5, 5.41) is 0. The summed E-state index contributed by atoms with van der Waals surface area (Å²) in [7, 11) is 1.17. The maximum atomic E-state index is 12.9. The van der Waals surface area contributed by atoms with E-state index in [2.05, 4.69) is 4.74 Å². The molecule has 1 saturated heterocycles. The van der Waals surface area contributed by atoms with Crippen LogP contribution in [0.25, 0.3) is 0 Å². The quantitative estimate of drug-likeness (QED) is 0.560. The Kier molecular flexibility index (Phi) is 2.82. The van der Waals surface area contributed by atoms with Crippen LogP contribution in [0.2, 0.25) is 0 Å². The summed E-state index contributed by atoms with van der Waals surface area (Å²) < 4.78 is 22.1. The monoisotopic (exact) mass is 162 g/mol. The Labute approximate surface area is 64.5 Å². The van der Waals surface area contributed by atoms with Crippen LogP contribution in [0.4, 0.5) is 4.39 Å². The Hall–Kier alpha value is -0.640. The predicted molar refractivity (Wildman–Crippen MR) is 35.9 cm³/mol. The van der Waals surface area contributed by atoms with Crippen molar-refractivity contribution in [1.82, 2.24) is 0 Å². The fourth-order valence-electron chi connectivity index (χ4n) is 1.10. The smallest absolute Gasteiger partial charge is 0.343 e. The highest BCUT2D eigenvalue weighted by atomic mass is 19.1. The molecule has 1 aliphatic heterocycles. The summed E-state index contributed by atoms with van der Waals surface area (Å²) in [6.45, 7) is 0.544. The molecule has 2 unspecified atom stereocenters. The molecular weight excluding hydrogens is 151 g/mol. The fraction of sp³-hybridized carbons (Fsp3) is 0.857. The molecule has 1 fully saturated rings. The summed E-state index contributed by atoms with van der Waals surface area (Å²) in [6.07, 6.45) is -0.761. The molecule has 0 amide bonds. The van der Waals surface area contributed by atoms with Gasteiger partial charge in [0.25, 0.3) is 0 Å². The zero-order chi connectivity index (χ0) is 8.27. The SMILES string of the molecule is COC(=O)C(F)C1CCCO1. The standard InChI is InChI=1S/C7H11FO3/c1-10-7(9)6(8)5-3-2-4-11-5/h5-6H,2-4H2,1H3. The van der Waals surface area contributed by atoms with E-state index in [1.54, 1.807) is 0 Å². The second kappa shape index (κ2) is 3.67. The molecule has 1 heterocycles. The number of alkyl halides is 1. The third-order valence-corrected chi connectivity index (χ3v) is 1.72. The van der Waals surface area contributed by atoms with Gasteiger partial charge in [0, 0.05) is 6.61 Å². The van der Waals surface area contributed by atoms with Crippen LogP contribution in [0.3, 0.4) is 0 Å². The number of hydrogen-bond donors (Lipinski definition) is 0. The minimum atomic E-state index is -1.61. The van der Waals surface area contributed by atoms with Gasteiger partial charge < -0.3 is 9.47 Å². The molecular formula is C7H11FO3. The normalized spacial score (nSPS) is 26.5. The Bertz CT molecular complexity index is 143. The second-order valence-corrected chi connectivity index (χ2v) is 2.48. The lowest BCUT2D eigenvalue weighted by atomic mass is 10.1. The summed E-state index contributed by atoms with van der Waals surface area (Å²) in [6, 6.07) is 0. The minimum Gasteiger partial charge on any atom is -0.467 e. The van der Waals surface area contributed by atoms with E-state index in [4.69, 9.17) is 4.74 Å². The Morgan fingerprint density at radius 1 is 1.82 bits per heavy atom. The van der Waals surface area contributed by atoms with E-state index in [-0.39, 0.29) is 0 Å². The highest BCUT2D eigenvalue weighted by molar-refractivity contribution is 5.75. The molecule has 1 aliphatic rings. The van der Waals surface area contributed by atoms with Crippen molar-refractivity contribution in [1.29, 1.82) is 0 Å². The molecule has 0 aliphatic carbocycles. The lowest BCUT2D eigenvalue weighted by molar-refractivity contribution is -0.151. The second-order valence-electron chi connectivity index (χ2n) is 2.48. The van der Waals surface area contributed by atoms with E-state index in [1.807, 2.05) is 0 Å². The number of methoxy groups -OCH3 is 1. The number of hydrogen-bond acceptors (Lipinski definition) is 3. The van der Waals surface area contributed by atoms with Crippen LogP contribution in [0.5, 0.6) is 0 Å². The molecule has 0 spiro atoms. The summed E-state index contributed by atoms with van der Waals surface area (Å²) >= 11 is 0. The third-order valence-electron chi connectivity index (χ3n) is 1.72. The van der Waals surface area contributed by atoms with Crippen molar-refractivity contribution in [2.45, 2.75) is 25.1 Å². The van der Waals surface area contributed by atoms with Crippen LogP contribution >= 0.6 is 0 Å². The van der Waals surface area contributed by atoms with Crippen LogP contribution in [0.15, 0.2) is 0 Å². The van der Waals surface area contributed by atoms with Crippen LogP contribution in [-0.2, 0) is 14.3 Å². The highest BCUT2D eigenvalue weighted by Crippen LogP contribution is 2.18. The molecule has 0 aromatic rings. The lowest BCUT2D eigenvalue weighted by Gasteiger charge is -2.11. The van der Waals surface area contributed by atoms with Gasteiger partial charge in [-0.1, -0.05) is 0 Å². The molecule has 0 bridgehead atoms. The predicted octanol–water partition coefficient (Wildman–Crippen LogP) is 0.676. The van der Waals surface area contributed by atoms with Gasteiger partial charge >= 0.3 is 5.97 Å². The van der Waals surface area contributed by atoms with Crippen LogP contribution in [0.1, 0.15) is 12.8 Å². The van der Waals surface area contributed by atoms with Gasteiger partial charge in [0.2, 0.25) is 6.17 Å². The van der Waals surface area contributed by atoms with E-state index in [0.717, 1.165) is 6.42 Å². The zero-order valence-electron chi connectivity index (χ0n) is 6.38. The van der Waals surface area contributed by atoms with Gasteiger partial charge in [0.15, 0.2) is 0 Å². The van der Waals surface area contributed by atoms with Crippen molar-refractivity contribution in [3.05, 3.63) is 0 Å². The van der Waals surface area contributed by atoms with Gasteiger partial charge in [-0.25, -0.2) is 9.18 Å². The number of rotatable bonds is 2. The van der Waals surface area contributed by atoms with Gasteiger partial charge in [0.1, 0.15) is 0 Å². The summed E-state index contributed by atoms with van der Waals surface area (Å²) in [5.74, 6) is -0.836. The number of carbonyl (C=O) groups is 1. The highest BCUT2D eigenvalue weighted by Gasteiger charge is 2.32. The molecule has 4 heteroatoms. The van der Waals surface area contributed by atoms with E-state index in [0.29, 0.717) is 13.0 Å². The van der Waals surface area contributed by atoms with Crippen molar-refractivity contribution >= 4 is 5.97 Å². The average Bonchev–Trinajstić information content (AvgIpc) is 2.53. The lowest BCUT2D eigenvalue weighted by Crippen LogP contribution is -2.30. The van der Waals surface area contributed by atoms with Crippen molar-refractivity contribution in [3.63, 3.8) is 0 Å². The summed E-state index contributed by atoms with van der Waals surface area (Å²) in [5.41, 5.74) is 0. The first-order valence-corrected chi connectivity index (χ1v) is 3.59. The first-order chi connectivity index (χ1) is 5.25. The molecule has 0 aromatic carbocycles. The Morgan fingerprint density at radius 2 is 2.55 bits per heavy atom. The first kappa shape index (κ1) is 8.46. The van der Waals surface area contributed by atoms with Gasteiger partial charge in [-0.15, -0.1) is 0 Å². The maximum absolute atomic E-state index is 12.9. The topological polar surface area (TPSA) is 35.5 Å². The zero-order valence-corrected chi connectivity index (χ0v) is 6.38. The van der Waals surface area contributed by atoms with Crippen LogP contribution < -0.4 is 0 Å². The number of halogens is 1. The maximum Gasteiger partial charge on any atom is 0.343 e. The van der Waals surface area contributed by atoms with Gasteiger partial charge in [-0.3, -0.25) is 0 Å². The van der Waals surface area contributed by atoms with Crippen molar-refractivity contribution in [3.8, 4) is 0 Å². The van der Waals surface area contributed by atoms with E-state index >= 15 is 0 Å².